The second-order valence-corrected chi connectivity index (χ2v) is 5.02. The number of hydrogen-bond acceptors (Lipinski definition) is 5. The second-order valence-electron chi connectivity index (χ2n) is 4.62. The van der Waals surface area contributed by atoms with Gasteiger partial charge in [0.05, 0.1) is 12.1 Å². The van der Waals surface area contributed by atoms with Gasteiger partial charge < -0.3 is 10.1 Å². The van der Waals surface area contributed by atoms with Crippen molar-refractivity contribution in [2.24, 2.45) is 0 Å². The van der Waals surface area contributed by atoms with E-state index in [1.54, 1.807) is 42.5 Å². The first kappa shape index (κ1) is 15.0. The Kier molecular flexibility index (Phi) is 4.20. The maximum absolute atomic E-state index is 12.2. The number of rotatable bonds is 4. The van der Waals surface area contributed by atoms with E-state index < -0.39 is 0 Å². The van der Waals surface area contributed by atoms with E-state index in [0.717, 1.165) is 5.56 Å². The third-order valence-corrected chi connectivity index (χ3v) is 3.46. The van der Waals surface area contributed by atoms with E-state index in [2.05, 4.69) is 25.9 Å². The van der Waals surface area contributed by atoms with Crippen LogP contribution < -0.4 is 10.1 Å². The Morgan fingerprint density at radius 2 is 2.00 bits per heavy atom. The monoisotopic (exact) mass is 329 g/mol. The molecule has 116 valence electrons. The quantitative estimate of drug-likeness (QED) is 0.767. The summed E-state index contributed by atoms with van der Waals surface area (Å²) in [6, 6.07) is 11.9. The first-order valence-corrected chi connectivity index (χ1v) is 7.04. The number of methoxy groups -OCH3 is 1. The number of nitrogens with zero attached hydrogens (tertiary/aromatic N) is 3. The molecule has 0 unspecified atom stereocenters. The fourth-order valence-corrected chi connectivity index (χ4v) is 2.26. The van der Waals surface area contributed by atoms with Gasteiger partial charge in [-0.05, 0) is 35.5 Å². The first-order valence-electron chi connectivity index (χ1n) is 6.66. The number of hydrogen-bond donors (Lipinski definition) is 2. The van der Waals surface area contributed by atoms with Gasteiger partial charge in [-0.25, -0.2) is 0 Å². The second kappa shape index (κ2) is 6.45. The molecule has 0 atom stereocenters. The average Bonchev–Trinajstić information content (AvgIpc) is 3.09. The molecule has 23 heavy (non-hydrogen) atoms. The molecular weight excluding hydrogens is 318 g/mol. The Balaban J connectivity index is 1.74. The molecule has 0 saturated carbocycles. The zero-order valence-corrected chi connectivity index (χ0v) is 12.8. The van der Waals surface area contributed by atoms with E-state index in [9.17, 15) is 4.79 Å². The number of carbonyl (C=O) groups excluding carboxylic acids is 1. The summed E-state index contributed by atoms with van der Waals surface area (Å²) in [5, 5.41) is 16.8. The smallest absolute Gasteiger partial charge is 0.255 e. The summed E-state index contributed by atoms with van der Waals surface area (Å²) < 4.78 is 5.07. The zero-order valence-electron chi connectivity index (χ0n) is 12.1. The number of aromatic amines is 1. The third-order valence-electron chi connectivity index (χ3n) is 3.16. The number of aromatic nitrogens is 4. The molecule has 0 fully saturated rings. The topological polar surface area (TPSA) is 92.8 Å². The molecule has 3 aromatic rings. The molecule has 0 bridgehead atoms. The standard InChI is InChI=1S/C15H12ClN5O2/c1-23-13-7-6-11(8-12(13)16)17-15(22)10-4-2-9(3-5-10)14-18-20-21-19-14/h2-8H,1H3,(H,17,22)(H,18,19,20,21). The van der Waals surface area contributed by atoms with Gasteiger partial charge in [-0.3, -0.25) is 4.79 Å². The van der Waals surface area contributed by atoms with Crippen LogP contribution >= 0.6 is 11.6 Å². The maximum Gasteiger partial charge on any atom is 0.255 e. The van der Waals surface area contributed by atoms with Gasteiger partial charge in [-0.2, -0.15) is 5.21 Å². The molecule has 0 radical (unpaired) electrons. The van der Waals surface area contributed by atoms with E-state index in [-0.39, 0.29) is 5.91 Å². The minimum Gasteiger partial charge on any atom is -0.495 e. The largest absolute Gasteiger partial charge is 0.495 e. The average molecular weight is 330 g/mol. The number of nitrogens with one attached hydrogen (secondary N) is 2. The van der Waals surface area contributed by atoms with Crippen molar-refractivity contribution in [3.05, 3.63) is 53.1 Å². The van der Waals surface area contributed by atoms with Crippen LogP contribution in [0.4, 0.5) is 5.69 Å². The number of benzene rings is 2. The molecule has 0 aliphatic heterocycles. The molecule has 3 rings (SSSR count). The van der Waals surface area contributed by atoms with Gasteiger partial charge in [0.15, 0.2) is 0 Å². The van der Waals surface area contributed by atoms with Crippen LogP contribution in [0.15, 0.2) is 42.5 Å². The van der Waals surface area contributed by atoms with E-state index >= 15 is 0 Å². The van der Waals surface area contributed by atoms with Crippen LogP contribution in [-0.2, 0) is 0 Å². The van der Waals surface area contributed by atoms with Crippen molar-refractivity contribution < 1.29 is 9.53 Å². The summed E-state index contributed by atoms with van der Waals surface area (Å²) in [5.74, 6) is 0.777. The van der Waals surface area contributed by atoms with Crippen LogP contribution in [0, 0.1) is 0 Å². The predicted molar refractivity (Wildman–Crippen MR) is 85.6 cm³/mol. The molecule has 0 saturated heterocycles. The van der Waals surface area contributed by atoms with Crippen molar-refractivity contribution >= 4 is 23.2 Å². The van der Waals surface area contributed by atoms with Crippen LogP contribution in [0.3, 0.4) is 0 Å². The highest BCUT2D eigenvalue weighted by Gasteiger charge is 2.09. The minimum atomic E-state index is -0.245. The number of carbonyl (C=O) groups is 1. The summed E-state index contributed by atoms with van der Waals surface area (Å²) >= 11 is 6.04. The van der Waals surface area contributed by atoms with E-state index in [0.29, 0.717) is 27.8 Å². The summed E-state index contributed by atoms with van der Waals surface area (Å²) in [6.07, 6.45) is 0. The molecule has 1 heterocycles. The normalized spacial score (nSPS) is 10.3. The Hall–Kier alpha value is -2.93. The van der Waals surface area contributed by atoms with Crippen LogP contribution in [0.5, 0.6) is 5.75 Å². The Bertz CT molecular complexity index is 818. The van der Waals surface area contributed by atoms with Gasteiger partial charge in [0, 0.05) is 16.8 Å². The molecule has 1 amide bonds. The number of amides is 1. The van der Waals surface area contributed by atoms with E-state index in [4.69, 9.17) is 16.3 Å². The molecule has 0 aliphatic carbocycles. The van der Waals surface area contributed by atoms with Crippen molar-refractivity contribution in [2.75, 3.05) is 12.4 Å². The Morgan fingerprint density at radius 3 is 2.61 bits per heavy atom. The van der Waals surface area contributed by atoms with E-state index in [1.807, 2.05) is 0 Å². The highest BCUT2D eigenvalue weighted by atomic mass is 35.5. The number of ether oxygens (including phenoxy) is 1. The van der Waals surface area contributed by atoms with Gasteiger partial charge in [-0.15, -0.1) is 10.2 Å². The molecule has 2 N–H and O–H groups in total. The van der Waals surface area contributed by atoms with Gasteiger partial charge in [0.1, 0.15) is 5.75 Å². The van der Waals surface area contributed by atoms with Crippen molar-refractivity contribution in [1.82, 2.24) is 20.6 Å². The number of tetrazole rings is 1. The lowest BCUT2D eigenvalue weighted by Crippen LogP contribution is -2.11. The van der Waals surface area contributed by atoms with Crippen molar-refractivity contribution in [3.63, 3.8) is 0 Å². The van der Waals surface area contributed by atoms with Crippen LogP contribution in [0.25, 0.3) is 11.4 Å². The molecule has 7 nitrogen and oxygen atoms in total. The lowest BCUT2D eigenvalue weighted by Gasteiger charge is -2.08. The lowest BCUT2D eigenvalue weighted by atomic mass is 10.1. The molecule has 0 aliphatic rings. The molecular formula is C15H12ClN5O2. The molecule has 2 aromatic carbocycles. The lowest BCUT2D eigenvalue weighted by molar-refractivity contribution is 0.102. The zero-order chi connectivity index (χ0) is 16.2. The Labute approximate surface area is 136 Å². The fraction of sp³-hybridized carbons (Fsp3) is 0.0667. The predicted octanol–water partition coefficient (Wildman–Crippen LogP) is 2.78. The molecule has 8 heteroatoms. The molecule has 1 aromatic heterocycles. The van der Waals surface area contributed by atoms with Crippen molar-refractivity contribution in [1.29, 1.82) is 0 Å². The highest BCUT2D eigenvalue weighted by molar-refractivity contribution is 6.32. The Morgan fingerprint density at radius 1 is 1.22 bits per heavy atom. The van der Waals surface area contributed by atoms with E-state index in [1.165, 1.54) is 7.11 Å². The molecule has 0 spiro atoms. The maximum atomic E-state index is 12.2. The van der Waals surface area contributed by atoms with Gasteiger partial charge in [-0.1, -0.05) is 23.7 Å². The van der Waals surface area contributed by atoms with Gasteiger partial charge in [0.25, 0.3) is 5.91 Å². The van der Waals surface area contributed by atoms with Crippen LogP contribution in [0.2, 0.25) is 5.02 Å². The van der Waals surface area contributed by atoms with Gasteiger partial charge in [0.2, 0.25) is 5.82 Å². The third kappa shape index (κ3) is 3.29. The fourth-order valence-electron chi connectivity index (χ4n) is 2.00. The van der Waals surface area contributed by atoms with Crippen LogP contribution in [0.1, 0.15) is 10.4 Å². The number of H-pyrrole nitrogens is 1. The number of halogens is 1. The first-order chi connectivity index (χ1) is 11.2. The SMILES string of the molecule is COc1ccc(NC(=O)c2ccc(-c3nn[nH]n3)cc2)cc1Cl. The summed E-state index contributed by atoms with van der Waals surface area (Å²) in [7, 11) is 1.53. The highest BCUT2D eigenvalue weighted by Crippen LogP contribution is 2.27. The van der Waals surface area contributed by atoms with Crippen molar-refractivity contribution in [3.8, 4) is 17.1 Å². The van der Waals surface area contributed by atoms with Crippen molar-refractivity contribution in [2.45, 2.75) is 0 Å². The number of anilines is 1. The minimum absolute atomic E-state index is 0.245. The van der Waals surface area contributed by atoms with Gasteiger partial charge >= 0.3 is 0 Å². The summed E-state index contributed by atoms with van der Waals surface area (Å²) in [6.45, 7) is 0. The van der Waals surface area contributed by atoms with Crippen LogP contribution in [-0.4, -0.2) is 33.6 Å². The summed E-state index contributed by atoms with van der Waals surface area (Å²) in [4.78, 5) is 12.2. The summed E-state index contributed by atoms with van der Waals surface area (Å²) in [5.41, 5.74) is 1.86.